The molecule has 1 saturated heterocycles. The van der Waals surface area contributed by atoms with Gasteiger partial charge in [0.25, 0.3) is 0 Å². The van der Waals surface area contributed by atoms with Crippen LogP contribution in [0.1, 0.15) is 74.7 Å². The second kappa shape index (κ2) is 13.3. The fraction of sp³-hybridized carbons (Fsp3) is 1.00. The normalized spacial score (nSPS) is 18.3. The summed E-state index contributed by atoms with van der Waals surface area (Å²) >= 11 is 0. The summed E-state index contributed by atoms with van der Waals surface area (Å²) in [6.45, 7) is 21.6. The van der Waals surface area contributed by atoms with E-state index in [4.69, 9.17) is 8.85 Å². The predicted molar refractivity (Wildman–Crippen MR) is 125 cm³/mol. The Morgan fingerprint density at radius 2 is 1.14 bits per heavy atom. The third-order valence-electron chi connectivity index (χ3n) is 7.71. The third kappa shape index (κ3) is 7.20. The van der Waals surface area contributed by atoms with Crippen molar-refractivity contribution < 1.29 is 26.2 Å². The molecular weight excluding hydrogens is 418 g/mol. The number of nitrogens with one attached hydrogen (secondary N) is 1. The van der Waals surface area contributed by atoms with Crippen molar-refractivity contribution in [2.24, 2.45) is 0 Å². The molecule has 1 heterocycles. The van der Waals surface area contributed by atoms with Crippen LogP contribution < -0.4 is 17.3 Å². The van der Waals surface area contributed by atoms with Crippen molar-refractivity contribution in [2.45, 2.75) is 122 Å². The lowest BCUT2D eigenvalue weighted by Crippen LogP contribution is -3.19. The Hall–Kier alpha value is 0.821. The number of hydrogen-bond donors (Lipinski definition) is 1. The Labute approximate surface area is 187 Å². The number of halogens is 1. The van der Waals surface area contributed by atoms with Gasteiger partial charge in [-0.3, -0.25) is 0 Å². The summed E-state index contributed by atoms with van der Waals surface area (Å²) in [7, 11) is -2.60. The van der Waals surface area contributed by atoms with Crippen LogP contribution in [0, 0.1) is 0 Å². The minimum absolute atomic E-state index is 0. The van der Waals surface area contributed by atoms with Crippen LogP contribution in [0.4, 0.5) is 0 Å². The van der Waals surface area contributed by atoms with Gasteiger partial charge in [0.05, 0.1) is 18.3 Å². The van der Waals surface area contributed by atoms with Crippen LogP contribution in [0.5, 0.6) is 0 Å². The molecule has 0 spiro atoms. The van der Waals surface area contributed by atoms with Crippen molar-refractivity contribution in [1.29, 1.82) is 0 Å². The maximum Gasteiger partial charge on any atom is 0.197 e. The summed E-state index contributed by atoms with van der Waals surface area (Å²) in [6, 6.07) is 7.27. The summed E-state index contributed by atoms with van der Waals surface area (Å²) < 4.78 is 14.1. The van der Waals surface area contributed by atoms with Gasteiger partial charge in [-0.1, -0.05) is 48.5 Å². The van der Waals surface area contributed by atoms with Crippen molar-refractivity contribution in [3.63, 3.8) is 0 Å². The Kier molecular flexibility index (Phi) is 13.7. The minimum atomic E-state index is -1.68. The van der Waals surface area contributed by atoms with Gasteiger partial charge in [-0.05, 0) is 49.6 Å². The van der Waals surface area contributed by atoms with Crippen LogP contribution in [0.2, 0.25) is 36.3 Å². The predicted octanol–water partition coefficient (Wildman–Crippen LogP) is 1.83. The molecule has 0 amide bonds. The van der Waals surface area contributed by atoms with Gasteiger partial charge in [0, 0.05) is 12.8 Å². The molecule has 7 heteroatoms. The first-order chi connectivity index (χ1) is 12.8. The largest absolute Gasteiger partial charge is 1.00 e. The second-order valence-electron chi connectivity index (χ2n) is 8.70. The zero-order valence-corrected chi connectivity index (χ0v) is 23.8. The van der Waals surface area contributed by atoms with Gasteiger partial charge in [0.15, 0.2) is 26.2 Å². The number of hydrogen-bond acceptors (Lipinski definition) is 2. The molecule has 3 nitrogen and oxygen atoms in total. The van der Waals surface area contributed by atoms with Crippen LogP contribution >= 0.6 is 0 Å². The molecule has 0 aromatic carbocycles. The molecule has 1 atom stereocenters. The molecule has 28 heavy (non-hydrogen) atoms. The maximum atomic E-state index is 7.05. The lowest BCUT2D eigenvalue weighted by Gasteiger charge is -2.43. The third-order valence-corrected chi connectivity index (χ3v) is 19.2. The zero-order valence-electron chi connectivity index (χ0n) is 20.0. The Morgan fingerprint density at radius 1 is 0.786 bits per heavy atom. The molecule has 1 rings (SSSR count). The number of likely N-dealkylation sites (tertiary alicyclic amines) is 1. The summed E-state index contributed by atoms with van der Waals surface area (Å²) in [5.41, 5.74) is 0. The van der Waals surface area contributed by atoms with E-state index in [1.165, 1.54) is 68.6 Å². The van der Waals surface area contributed by atoms with Gasteiger partial charge >= 0.3 is 0 Å². The molecule has 1 aliphatic heterocycles. The average molecular weight is 466 g/mol. The van der Waals surface area contributed by atoms with Gasteiger partial charge in [0.1, 0.15) is 5.91 Å². The van der Waals surface area contributed by atoms with E-state index in [1.54, 1.807) is 4.90 Å². The lowest BCUT2D eigenvalue weighted by atomic mass is 10.2. The van der Waals surface area contributed by atoms with Crippen LogP contribution in [0.15, 0.2) is 0 Å². The molecule has 0 aromatic rings. The summed E-state index contributed by atoms with van der Waals surface area (Å²) in [5, 5.41) is 0.311. The summed E-state index contributed by atoms with van der Waals surface area (Å²) in [5.74, 6) is 0.0427. The quantitative estimate of drug-likeness (QED) is 0.312. The van der Waals surface area contributed by atoms with Crippen LogP contribution in [0.25, 0.3) is 0 Å². The van der Waals surface area contributed by atoms with E-state index in [2.05, 4.69) is 55.4 Å². The fourth-order valence-corrected chi connectivity index (χ4v) is 12.9. The van der Waals surface area contributed by atoms with E-state index in [9.17, 15) is 0 Å². The van der Waals surface area contributed by atoms with Crippen molar-refractivity contribution in [3.05, 3.63) is 0 Å². The molecule has 1 N–H and O–H groups in total. The lowest BCUT2D eigenvalue weighted by molar-refractivity contribution is -0.925. The highest BCUT2D eigenvalue weighted by molar-refractivity contribution is 6.75. The SMILES string of the molecule is CCC(C)([Si]C(O[Si](CC)(CC)CC)O[Si](CC)(CC)CC)[NH+]1CCCC1.[Cl-]. The monoisotopic (exact) mass is 465 g/mol. The number of rotatable bonds is 14. The van der Waals surface area contributed by atoms with E-state index in [0.717, 1.165) is 9.52 Å². The second-order valence-corrected chi connectivity index (χ2v) is 20.0. The van der Waals surface area contributed by atoms with Crippen molar-refractivity contribution in [1.82, 2.24) is 0 Å². The van der Waals surface area contributed by atoms with Gasteiger partial charge in [-0.2, -0.15) is 0 Å². The van der Waals surface area contributed by atoms with E-state index in [0.29, 0.717) is 5.16 Å². The van der Waals surface area contributed by atoms with Gasteiger partial charge in [-0.15, -0.1) is 0 Å². The zero-order chi connectivity index (χ0) is 20.6. The molecule has 168 valence electrons. The van der Waals surface area contributed by atoms with E-state index in [-0.39, 0.29) is 18.3 Å². The van der Waals surface area contributed by atoms with E-state index >= 15 is 0 Å². The number of quaternary nitrogens is 1. The Bertz CT molecular complexity index is 378. The molecule has 0 aromatic heterocycles. The van der Waals surface area contributed by atoms with Crippen LogP contribution in [-0.4, -0.2) is 50.3 Å². The van der Waals surface area contributed by atoms with Crippen molar-refractivity contribution in [2.75, 3.05) is 13.1 Å². The standard InChI is InChI=1S/C21H47NO2Si3.ClH/c1-9-21(8,22-18-16-17-19-22)25-20(23-26(10-2,11-3)12-4)24-27(13-5,14-6)15-7;/h20H,9-19H2,1-8H3;1H. The van der Waals surface area contributed by atoms with Crippen molar-refractivity contribution >= 4 is 26.2 Å². The molecule has 0 bridgehead atoms. The molecule has 0 saturated carbocycles. The summed E-state index contributed by atoms with van der Waals surface area (Å²) in [4.78, 5) is 1.80. The highest BCUT2D eigenvalue weighted by atomic mass is 35.5. The smallest absolute Gasteiger partial charge is 0.197 e. The molecular formula is C21H48ClNO2Si3. The topological polar surface area (TPSA) is 22.9 Å². The molecule has 1 unspecified atom stereocenters. The average Bonchev–Trinajstić information content (AvgIpc) is 3.26. The first-order valence-electron chi connectivity index (χ1n) is 11.8. The Balaban J connectivity index is 0.00000729. The van der Waals surface area contributed by atoms with Crippen molar-refractivity contribution in [3.8, 4) is 0 Å². The van der Waals surface area contributed by atoms with E-state index in [1.807, 2.05) is 0 Å². The minimum Gasteiger partial charge on any atom is -1.00 e. The van der Waals surface area contributed by atoms with Gasteiger partial charge in [-0.25, -0.2) is 0 Å². The van der Waals surface area contributed by atoms with Crippen LogP contribution in [0.3, 0.4) is 0 Å². The molecule has 2 radical (unpaired) electrons. The Morgan fingerprint density at radius 3 is 1.43 bits per heavy atom. The highest BCUT2D eigenvalue weighted by Crippen LogP contribution is 2.29. The molecule has 1 aliphatic rings. The molecule has 0 aliphatic carbocycles. The molecule has 1 fully saturated rings. The van der Waals surface area contributed by atoms with Gasteiger partial charge in [0.2, 0.25) is 0 Å². The highest BCUT2D eigenvalue weighted by Gasteiger charge is 2.45. The van der Waals surface area contributed by atoms with E-state index < -0.39 is 16.6 Å². The first kappa shape index (κ1) is 28.8. The first-order valence-corrected chi connectivity index (χ1v) is 17.9. The fourth-order valence-electron chi connectivity index (χ4n) is 4.60. The maximum absolute atomic E-state index is 7.05. The summed E-state index contributed by atoms with van der Waals surface area (Å²) in [6.07, 6.45) is 4.00. The van der Waals surface area contributed by atoms with Crippen LogP contribution in [-0.2, 0) is 8.85 Å². The van der Waals surface area contributed by atoms with Gasteiger partial charge < -0.3 is 26.2 Å².